The Balaban J connectivity index is 1.29. The number of nitrogens with one attached hydrogen (secondary N) is 2. The lowest BCUT2D eigenvalue weighted by atomic mass is 10.0. The van der Waals surface area contributed by atoms with Crippen LogP contribution in [-0.2, 0) is 0 Å². The van der Waals surface area contributed by atoms with Gasteiger partial charge in [0.25, 0.3) is 0 Å². The second kappa shape index (κ2) is 9.02. The van der Waals surface area contributed by atoms with Crippen molar-refractivity contribution in [3.63, 3.8) is 0 Å². The SMILES string of the molecule is COc1ccc(-c2cccc(NC(=O)N3CC=C(c4ncnc5[nH]c(C)c(C)c45)CC3)c2)cc1. The molecule has 0 atom stereocenters. The number of carbonyl (C=O) groups excluding carboxylic acids is 1. The van der Waals surface area contributed by atoms with Gasteiger partial charge in [-0.2, -0.15) is 0 Å². The molecule has 0 bridgehead atoms. The highest BCUT2D eigenvalue weighted by Gasteiger charge is 2.21. The zero-order valence-electron chi connectivity index (χ0n) is 19.6. The van der Waals surface area contributed by atoms with Crippen LogP contribution in [-0.4, -0.2) is 46.1 Å². The minimum absolute atomic E-state index is 0.108. The summed E-state index contributed by atoms with van der Waals surface area (Å²) in [5.74, 6) is 0.815. The van der Waals surface area contributed by atoms with Crippen molar-refractivity contribution >= 4 is 28.3 Å². The molecule has 0 saturated carbocycles. The maximum absolute atomic E-state index is 13.0. The van der Waals surface area contributed by atoms with E-state index < -0.39 is 0 Å². The molecule has 0 radical (unpaired) electrons. The monoisotopic (exact) mass is 453 g/mol. The van der Waals surface area contributed by atoms with Crippen molar-refractivity contribution in [2.24, 2.45) is 0 Å². The molecule has 2 aromatic carbocycles. The standard InChI is InChI=1S/C27H27N5O2/c1-17-18(2)30-26-24(17)25(28-16-29-26)20-11-13-32(14-12-20)27(33)31-22-6-4-5-21(15-22)19-7-9-23(34-3)10-8-19/h4-11,15-16H,12-14H2,1-3H3,(H,31,33)(H,28,29,30). The number of aryl methyl sites for hydroxylation is 2. The van der Waals surface area contributed by atoms with Gasteiger partial charge in [-0.25, -0.2) is 14.8 Å². The number of anilines is 1. The number of H-pyrrole nitrogens is 1. The molecule has 0 unspecified atom stereocenters. The molecule has 3 heterocycles. The molecular weight excluding hydrogens is 426 g/mol. The highest BCUT2D eigenvalue weighted by Crippen LogP contribution is 2.30. The fourth-order valence-electron chi connectivity index (χ4n) is 4.37. The molecule has 34 heavy (non-hydrogen) atoms. The molecule has 7 nitrogen and oxygen atoms in total. The third-order valence-electron chi connectivity index (χ3n) is 6.43. The zero-order chi connectivity index (χ0) is 23.7. The van der Waals surface area contributed by atoms with Crippen LogP contribution in [0.2, 0.25) is 0 Å². The Kier molecular flexibility index (Phi) is 5.76. The van der Waals surface area contributed by atoms with Gasteiger partial charge in [0.15, 0.2) is 0 Å². The van der Waals surface area contributed by atoms with E-state index in [2.05, 4.69) is 33.3 Å². The van der Waals surface area contributed by atoms with Crippen molar-refractivity contribution in [1.29, 1.82) is 0 Å². The smallest absolute Gasteiger partial charge is 0.322 e. The number of hydrogen-bond donors (Lipinski definition) is 2. The van der Waals surface area contributed by atoms with Crippen molar-refractivity contribution in [3.8, 4) is 16.9 Å². The van der Waals surface area contributed by atoms with E-state index in [1.807, 2.05) is 60.4 Å². The first-order valence-corrected chi connectivity index (χ1v) is 11.3. The lowest BCUT2D eigenvalue weighted by molar-refractivity contribution is 0.217. The number of nitrogens with zero attached hydrogens (tertiary/aromatic N) is 3. The van der Waals surface area contributed by atoms with Crippen LogP contribution in [0.1, 0.15) is 23.4 Å². The summed E-state index contributed by atoms with van der Waals surface area (Å²) in [5.41, 5.74) is 8.11. The number of aromatic nitrogens is 3. The van der Waals surface area contributed by atoms with Crippen LogP contribution in [0, 0.1) is 13.8 Å². The first-order valence-electron chi connectivity index (χ1n) is 11.3. The van der Waals surface area contributed by atoms with E-state index in [-0.39, 0.29) is 6.03 Å². The van der Waals surface area contributed by atoms with Crippen LogP contribution >= 0.6 is 0 Å². The number of methoxy groups -OCH3 is 1. The van der Waals surface area contributed by atoms with Crippen molar-refractivity contribution in [2.45, 2.75) is 20.3 Å². The van der Waals surface area contributed by atoms with Gasteiger partial charge >= 0.3 is 6.03 Å². The number of aromatic amines is 1. The number of urea groups is 1. The molecule has 1 aliphatic rings. The Bertz CT molecular complexity index is 1390. The summed E-state index contributed by atoms with van der Waals surface area (Å²) in [7, 11) is 1.65. The molecule has 2 N–H and O–H groups in total. The van der Waals surface area contributed by atoms with Crippen LogP contribution in [0.4, 0.5) is 10.5 Å². The highest BCUT2D eigenvalue weighted by atomic mass is 16.5. The number of fused-ring (bicyclic) bond motifs is 1. The summed E-state index contributed by atoms with van der Waals surface area (Å²) >= 11 is 0. The van der Waals surface area contributed by atoms with E-state index in [4.69, 9.17) is 4.74 Å². The van der Waals surface area contributed by atoms with Crippen LogP contribution in [0.5, 0.6) is 5.75 Å². The Morgan fingerprint density at radius 1 is 1.09 bits per heavy atom. The maximum Gasteiger partial charge on any atom is 0.322 e. The van der Waals surface area contributed by atoms with Gasteiger partial charge in [0, 0.05) is 29.9 Å². The number of hydrogen-bond acceptors (Lipinski definition) is 4. The molecule has 0 spiro atoms. The lowest BCUT2D eigenvalue weighted by Gasteiger charge is -2.27. The molecule has 0 fully saturated rings. The van der Waals surface area contributed by atoms with Gasteiger partial charge < -0.3 is 19.9 Å². The van der Waals surface area contributed by atoms with Gasteiger partial charge in [0.05, 0.1) is 12.8 Å². The second-order valence-corrected chi connectivity index (χ2v) is 8.49. The molecular formula is C27H27N5O2. The minimum Gasteiger partial charge on any atom is -0.497 e. The topological polar surface area (TPSA) is 83.1 Å². The molecule has 7 heteroatoms. The van der Waals surface area contributed by atoms with Crippen molar-refractivity contribution in [1.82, 2.24) is 19.9 Å². The number of ether oxygens (including phenoxy) is 1. The molecule has 5 rings (SSSR count). The lowest BCUT2D eigenvalue weighted by Crippen LogP contribution is -2.38. The molecule has 0 saturated heterocycles. The van der Waals surface area contributed by atoms with Gasteiger partial charge in [-0.05, 0) is 66.8 Å². The van der Waals surface area contributed by atoms with Gasteiger partial charge in [0.1, 0.15) is 17.7 Å². The van der Waals surface area contributed by atoms with E-state index >= 15 is 0 Å². The molecule has 4 aromatic rings. The third-order valence-corrected chi connectivity index (χ3v) is 6.43. The van der Waals surface area contributed by atoms with Gasteiger partial charge in [-0.3, -0.25) is 0 Å². The van der Waals surface area contributed by atoms with E-state index in [1.165, 1.54) is 5.56 Å². The van der Waals surface area contributed by atoms with E-state index in [0.29, 0.717) is 13.1 Å². The van der Waals surface area contributed by atoms with E-state index in [9.17, 15) is 4.79 Å². The molecule has 1 aliphatic heterocycles. The van der Waals surface area contributed by atoms with Crippen molar-refractivity contribution < 1.29 is 9.53 Å². The van der Waals surface area contributed by atoms with Crippen LogP contribution in [0.25, 0.3) is 27.7 Å². The Morgan fingerprint density at radius 3 is 2.65 bits per heavy atom. The van der Waals surface area contributed by atoms with Crippen molar-refractivity contribution in [3.05, 3.63) is 77.9 Å². The number of amides is 2. The van der Waals surface area contributed by atoms with Crippen molar-refractivity contribution in [2.75, 3.05) is 25.5 Å². The normalized spacial score (nSPS) is 13.6. The molecule has 2 amide bonds. The Labute approximate surface area is 198 Å². The first-order chi connectivity index (χ1) is 16.5. The summed E-state index contributed by atoms with van der Waals surface area (Å²) in [4.78, 5) is 27.0. The summed E-state index contributed by atoms with van der Waals surface area (Å²) < 4.78 is 5.24. The van der Waals surface area contributed by atoms with Crippen LogP contribution in [0.3, 0.4) is 0 Å². The van der Waals surface area contributed by atoms with E-state index in [0.717, 1.165) is 57.0 Å². The second-order valence-electron chi connectivity index (χ2n) is 8.49. The average Bonchev–Trinajstić information content (AvgIpc) is 3.17. The van der Waals surface area contributed by atoms with Gasteiger partial charge in [-0.1, -0.05) is 30.3 Å². The Morgan fingerprint density at radius 2 is 1.91 bits per heavy atom. The van der Waals surface area contributed by atoms with Crippen LogP contribution < -0.4 is 10.1 Å². The first kappa shape index (κ1) is 21.7. The molecule has 172 valence electrons. The average molecular weight is 454 g/mol. The van der Waals surface area contributed by atoms with Gasteiger partial charge in [0.2, 0.25) is 0 Å². The zero-order valence-corrected chi connectivity index (χ0v) is 19.6. The maximum atomic E-state index is 13.0. The molecule has 2 aromatic heterocycles. The summed E-state index contributed by atoms with van der Waals surface area (Å²) in [6, 6.07) is 15.6. The largest absolute Gasteiger partial charge is 0.497 e. The fraction of sp³-hybridized carbons (Fsp3) is 0.222. The number of carbonyl (C=O) groups is 1. The quantitative estimate of drug-likeness (QED) is 0.423. The molecule has 0 aliphatic carbocycles. The minimum atomic E-state index is -0.108. The fourth-order valence-corrected chi connectivity index (χ4v) is 4.37. The number of rotatable bonds is 4. The predicted molar refractivity (Wildman–Crippen MR) is 135 cm³/mol. The third kappa shape index (κ3) is 4.12. The van der Waals surface area contributed by atoms with Gasteiger partial charge in [-0.15, -0.1) is 0 Å². The number of benzene rings is 2. The van der Waals surface area contributed by atoms with Crippen LogP contribution in [0.15, 0.2) is 60.9 Å². The Hall–Kier alpha value is -4.13. The highest BCUT2D eigenvalue weighted by molar-refractivity contribution is 5.93. The summed E-state index contributed by atoms with van der Waals surface area (Å²) in [5, 5.41) is 4.11. The summed E-state index contributed by atoms with van der Waals surface area (Å²) in [6.45, 7) is 5.30. The van der Waals surface area contributed by atoms with E-state index in [1.54, 1.807) is 13.4 Å². The summed E-state index contributed by atoms with van der Waals surface area (Å²) in [6.07, 6.45) is 4.44. The predicted octanol–water partition coefficient (Wildman–Crippen LogP) is 5.57.